The summed E-state index contributed by atoms with van der Waals surface area (Å²) in [6.07, 6.45) is 5.85. The fraction of sp³-hybridized carbons (Fsp3) is 0.615. The summed E-state index contributed by atoms with van der Waals surface area (Å²) in [5.74, 6) is 0.811. The van der Waals surface area contributed by atoms with Crippen molar-refractivity contribution < 1.29 is 23.9 Å². The van der Waals surface area contributed by atoms with Gasteiger partial charge in [-0.05, 0) is 12.3 Å². The maximum Gasteiger partial charge on any atom is 0.348 e. The summed E-state index contributed by atoms with van der Waals surface area (Å²) in [7, 11) is -3.88. The highest BCUT2D eigenvalue weighted by Crippen LogP contribution is 2.34. The molecule has 0 aromatic heterocycles. The Morgan fingerprint density at radius 2 is 1.89 bits per heavy atom. The monoisotopic (exact) mass is 292 g/mol. The standard InChI is InChI=1S/C11H20O2.C2H5O3P/c1-4-7-8-10(5-2)9-13-11(12)6-3;1-2-6(3,4)5/h6,10H,3-5,7-9H2,1-2H3;2H,1H2,(H2,3,4,5). The van der Waals surface area contributed by atoms with Crippen LogP contribution < -0.4 is 0 Å². The molecule has 19 heavy (non-hydrogen) atoms. The number of esters is 1. The maximum atomic E-state index is 10.8. The van der Waals surface area contributed by atoms with E-state index in [0.29, 0.717) is 18.3 Å². The van der Waals surface area contributed by atoms with Gasteiger partial charge in [0.15, 0.2) is 0 Å². The van der Waals surface area contributed by atoms with Crippen LogP contribution in [0.1, 0.15) is 39.5 Å². The molecule has 0 heterocycles. The van der Waals surface area contributed by atoms with Crippen LogP contribution in [0, 0.1) is 5.92 Å². The van der Waals surface area contributed by atoms with Crippen molar-refractivity contribution in [2.75, 3.05) is 6.61 Å². The highest BCUT2D eigenvalue weighted by atomic mass is 31.2. The van der Waals surface area contributed by atoms with Crippen LogP contribution in [-0.4, -0.2) is 22.4 Å². The zero-order valence-electron chi connectivity index (χ0n) is 11.7. The number of carbonyl (C=O) groups is 1. The maximum absolute atomic E-state index is 10.8. The Morgan fingerprint density at radius 1 is 1.37 bits per heavy atom. The van der Waals surface area contributed by atoms with Gasteiger partial charge in [-0.1, -0.05) is 46.3 Å². The van der Waals surface area contributed by atoms with Crippen LogP contribution in [0.15, 0.2) is 25.1 Å². The molecule has 1 unspecified atom stereocenters. The van der Waals surface area contributed by atoms with Gasteiger partial charge in [-0.3, -0.25) is 4.57 Å². The number of unbranched alkanes of at least 4 members (excludes halogenated alkanes) is 1. The van der Waals surface area contributed by atoms with Crippen molar-refractivity contribution in [1.82, 2.24) is 0 Å². The third-order valence-electron chi connectivity index (χ3n) is 2.41. The Bertz CT molecular complexity index is 308. The summed E-state index contributed by atoms with van der Waals surface area (Å²) in [5.41, 5.74) is 0. The molecule has 0 aromatic rings. The van der Waals surface area contributed by atoms with E-state index in [9.17, 15) is 9.36 Å². The Hall–Kier alpha value is -0.900. The molecule has 6 heteroatoms. The lowest BCUT2D eigenvalue weighted by atomic mass is 10.0. The second-order valence-electron chi connectivity index (χ2n) is 4.02. The summed E-state index contributed by atoms with van der Waals surface area (Å²) >= 11 is 0. The van der Waals surface area contributed by atoms with E-state index in [2.05, 4.69) is 27.0 Å². The van der Waals surface area contributed by atoms with E-state index in [1.54, 1.807) is 0 Å². The highest BCUT2D eigenvalue weighted by molar-refractivity contribution is 7.55. The molecule has 0 aliphatic rings. The Labute approximate surface area is 115 Å². The molecule has 0 amide bonds. The third kappa shape index (κ3) is 17.1. The molecule has 1 atom stereocenters. The zero-order valence-corrected chi connectivity index (χ0v) is 12.6. The Balaban J connectivity index is 0. The van der Waals surface area contributed by atoms with Crippen LogP contribution in [0.2, 0.25) is 0 Å². The minimum Gasteiger partial charge on any atom is -0.462 e. The van der Waals surface area contributed by atoms with E-state index in [1.165, 1.54) is 18.9 Å². The largest absolute Gasteiger partial charge is 0.462 e. The predicted molar refractivity (Wildman–Crippen MR) is 76.7 cm³/mol. The molecular weight excluding hydrogens is 267 g/mol. The molecule has 0 aliphatic carbocycles. The van der Waals surface area contributed by atoms with Crippen molar-refractivity contribution in [2.24, 2.45) is 5.92 Å². The van der Waals surface area contributed by atoms with Gasteiger partial charge < -0.3 is 14.5 Å². The van der Waals surface area contributed by atoms with E-state index in [4.69, 9.17) is 14.5 Å². The van der Waals surface area contributed by atoms with Crippen LogP contribution in [0.5, 0.6) is 0 Å². The van der Waals surface area contributed by atoms with Gasteiger partial charge in [-0.2, -0.15) is 0 Å². The number of hydrogen-bond acceptors (Lipinski definition) is 3. The van der Waals surface area contributed by atoms with Crippen LogP contribution in [0.25, 0.3) is 0 Å². The summed E-state index contributed by atoms with van der Waals surface area (Å²) in [6.45, 7) is 11.1. The molecule has 0 aliphatic heterocycles. The van der Waals surface area contributed by atoms with E-state index in [-0.39, 0.29) is 5.97 Å². The molecule has 5 nitrogen and oxygen atoms in total. The normalized spacial score (nSPS) is 11.8. The van der Waals surface area contributed by atoms with Crippen molar-refractivity contribution >= 4 is 13.6 Å². The zero-order chi connectivity index (χ0) is 15.3. The topological polar surface area (TPSA) is 83.8 Å². The lowest BCUT2D eigenvalue weighted by Crippen LogP contribution is -2.12. The first-order valence-corrected chi connectivity index (χ1v) is 7.96. The van der Waals surface area contributed by atoms with Gasteiger partial charge in [-0.15, -0.1) is 0 Å². The van der Waals surface area contributed by atoms with Crippen LogP contribution in [0.3, 0.4) is 0 Å². The molecule has 0 saturated heterocycles. The summed E-state index contributed by atoms with van der Waals surface area (Å²) in [4.78, 5) is 26.4. The fourth-order valence-corrected chi connectivity index (χ4v) is 1.16. The smallest absolute Gasteiger partial charge is 0.348 e. The average Bonchev–Trinajstić information content (AvgIpc) is 2.38. The molecular formula is C13H25O5P. The number of rotatable bonds is 8. The van der Waals surface area contributed by atoms with E-state index >= 15 is 0 Å². The molecule has 0 aromatic carbocycles. The van der Waals surface area contributed by atoms with E-state index in [1.807, 2.05) is 0 Å². The molecule has 0 saturated carbocycles. The second-order valence-corrected chi connectivity index (χ2v) is 5.57. The van der Waals surface area contributed by atoms with Gasteiger partial charge in [0.05, 0.1) is 6.61 Å². The van der Waals surface area contributed by atoms with Crippen LogP contribution in [-0.2, 0) is 14.1 Å². The third-order valence-corrected chi connectivity index (χ3v) is 2.88. The Kier molecular flexibility index (Phi) is 13.1. The minimum absolute atomic E-state index is 0.310. The van der Waals surface area contributed by atoms with Crippen LogP contribution >= 0.6 is 7.60 Å². The van der Waals surface area contributed by atoms with Gasteiger partial charge in [0, 0.05) is 11.9 Å². The van der Waals surface area contributed by atoms with Gasteiger partial charge in [0.2, 0.25) is 0 Å². The predicted octanol–water partition coefficient (Wildman–Crippen LogP) is 3.24. The summed E-state index contributed by atoms with van der Waals surface area (Å²) in [5, 5.41) is 0. The van der Waals surface area contributed by atoms with Gasteiger partial charge in [-0.25, -0.2) is 4.79 Å². The number of ether oxygens (including phenoxy) is 1. The van der Waals surface area contributed by atoms with Gasteiger partial charge in [0.25, 0.3) is 0 Å². The molecule has 0 spiro atoms. The first-order chi connectivity index (χ1) is 8.80. The Morgan fingerprint density at radius 3 is 2.21 bits per heavy atom. The molecule has 0 radical (unpaired) electrons. The van der Waals surface area contributed by atoms with Crippen LogP contribution in [0.4, 0.5) is 0 Å². The number of carbonyl (C=O) groups excluding carboxylic acids is 1. The van der Waals surface area contributed by atoms with E-state index in [0.717, 1.165) is 12.8 Å². The SMILES string of the molecule is C=CC(=O)OCC(CC)CCCC.C=CP(=O)(O)O. The molecule has 0 rings (SSSR count). The van der Waals surface area contributed by atoms with Crippen molar-refractivity contribution in [2.45, 2.75) is 39.5 Å². The van der Waals surface area contributed by atoms with Crippen molar-refractivity contribution in [1.29, 1.82) is 0 Å². The summed E-state index contributed by atoms with van der Waals surface area (Å²) < 4.78 is 14.6. The van der Waals surface area contributed by atoms with Crippen molar-refractivity contribution in [3.8, 4) is 0 Å². The average molecular weight is 292 g/mol. The van der Waals surface area contributed by atoms with Crippen molar-refractivity contribution in [3.63, 3.8) is 0 Å². The first-order valence-electron chi connectivity index (χ1n) is 6.28. The summed E-state index contributed by atoms with van der Waals surface area (Å²) in [6, 6.07) is 0. The lowest BCUT2D eigenvalue weighted by molar-refractivity contribution is -0.139. The second kappa shape index (κ2) is 12.2. The minimum atomic E-state index is -3.88. The van der Waals surface area contributed by atoms with E-state index < -0.39 is 7.60 Å². The van der Waals surface area contributed by atoms with Gasteiger partial charge >= 0.3 is 13.6 Å². The fourth-order valence-electron chi connectivity index (χ4n) is 1.16. The highest BCUT2D eigenvalue weighted by Gasteiger charge is 2.07. The molecule has 112 valence electrons. The van der Waals surface area contributed by atoms with Crippen molar-refractivity contribution in [3.05, 3.63) is 25.1 Å². The number of hydrogen-bond donors (Lipinski definition) is 2. The van der Waals surface area contributed by atoms with Gasteiger partial charge in [0.1, 0.15) is 0 Å². The molecule has 0 fully saturated rings. The molecule has 0 bridgehead atoms. The quantitative estimate of drug-likeness (QED) is 0.407. The lowest BCUT2D eigenvalue weighted by Gasteiger charge is -2.13. The first kappa shape index (κ1) is 20.4. The molecule has 2 N–H and O–H groups in total.